The quantitative estimate of drug-likeness (QED) is 0.483. The van der Waals surface area contributed by atoms with Crippen LogP contribution in [0, 0.1) is 20.8 Å². The lowest BCUT2D eigenvalue weighted by atomic mass is 10.0. The Morgan fingerprint density at radius 2 is 1.42 bits per heavy atom. The molecule has 0 bridgehead atoms. The van der Waals surface area contributed by atoms with Crippen LogP contribution >= 0.6 is 0 Å². The fourth-order valence-electron chi connectivity index (χ4n) is 3.12. The van der Waals surface area contributed by atoms with Crippen molar-refractivity contribution in [1.29, 1.82) is 0 Å². The Balaban J connectivity index is 1.96. The maximum absolute atomic E-state index is 13.3. The molecule has 0 aliphatic heterocycles. The minimum atomic E-state index is -0.0167. The largest absolute Gasteiger partial charge is 0.296 e. The minimum Gasteiger partial charge on any atom is -0.296 e. The van der Waals surface area contributed by atoms with Crippen LogP contribution in [0.1, 0.15) is 32.7 Å². The third-order valence-electron chi connectivity index (χ3n) is 4.64. The Bertz CT molecular complexity index is 1100. The molecule has 0 fully saturated rings. The van der Waals surface area contributed by atoms with E-state index in [1.807, 2.05) is 85.1 Å². The molecule has 0 radical (unpaired) electrons. The van der Waals surface area contributed by atoms with Gasteiger partial charge in [-0.15, -0.1) is 0 Å². The number of pyridine rings is 1. The van der Waals surface area contributed by atoms with Crippen LogP contribution < -0.4 is 0 Å². The summed E-state index contributed by atoms with van der Waals surface area (Å²) < 4.78 is 1.89. The van der Waals surface area contributed by atoms with Crippen molar-refractivity contribution in [2.24, 2.45) is 0 Å². The first-order chi connectivity index (χ1) is 12.5. The Hall–Kier alpha value is -3.20. The zero-order valence-corrected chi connectivity index (χ0v) is 15.2. The molecule has 0 saturated carbocycles. The molecule has 4 rings (SSSR count). The smallest absolute Gasteiger partial charge is 0.212 e. The van der Waals surface area contributed by atoms with Crippen LogP contribution in [0.4, 0.5) is 0 Å². The summed E-state index contributed by atoms with van der Waals surface area (Å²) >= 11 is 0. The first-order valence-electron chi connectivity index (χ1n) is 8.70. The monoisotopic (exact) mass is 340 g/mol. The number of carbonyl (C=O) groups is 1. The van der Waals surface area contributed by atoms with Gasteiger partial charge in [-0.1, -0.05) is 59.7 Å². The van der Waals surface area contributed by atoms with Gasteiger partial charge in [0.05, 0.1) is 0 Å². The van der Waals surface area contributed by atoms with Crippen LogP contribution in [0.2, 0.25) is 0 Å². The lowest BCUT2D eigenvalue weighted by molar-refractivity contribution is 0.103. The van der Waals surface area contributed by atoms with Crippen LogP contribution in [0.3, 0.4) is 0 Å². The number of fused-ring (bicyclic) bond motifs is 1. The lowest BCUT2D eigenvalue weighted by Gasteiger charge is -2.06. The molecular weight excluding hydrogens is 320 g/mol. The predicted octanol–water partition coefficient (Wildman–Crippen LogP) is 5.16. The molecule has 0 N–H and O–H groups in total. The molecule has 0 amide bonds. The second-order valence-corrected chi connectivity index (χ2v) is 6.80. The van der Waals surface area contributed by atoms with Gasteiger partial charge in [-0.25, -0.2) is 4.98 Å². The van der Waals surface area contributed by atoms with E-state index >= 15 is 0 Å². The molecule has 2 aromatic heterocycles. The number of nitrogens with zero attached hydrogens (tertiary/aromatic N) is 2. The molecule has 2 heterocycles. The molecule has 0 saturated heterocycles. The first-order valence-corrected chi connectivity index (χ1v) is 8.70. The molecule has 0 unspecified atom stereocenters. The van der Waals surface area contributed by atoms with Crippen molar-refractivity contribution in [3.63, 3.8) is 0 Å². The summed E-state index contributed by atoms with van der Waals surface area (Å²) in [6, 6.07) is 19.8. The van der Waals surface area contributed by atoms with E-state index in [9.17, 15) is 4.79 Å². The average molecular weight is 340 g/mol. The zero-order chi connectivity index (χ0) is 18.3. The molecule has 0 aliphatic rings. The highest BCUT2D eigenvalue weighted by atomic mass is 16.1. The Morgan fingerprint density at radius 3 is 2.08 bits per heavy atom. The van der Waals surface area contributed by atoms with E-state index in [1.54, 1.807) is 0 Å². The van der Waals surface area contributed by atoms with Crippen molar-refractivity contribution in [3.05, 3.63) is 94.8 Å². The van der Waals surface area contributed by atoms with Crippen molar-refractivity contribution in [2.45, 2.75) is 20.8 Å². The molecule has 3 heteroatoms. The van der Waals surface area contributed by atoms with E-state index in [4.69, 9.17) is 4.98 Å². The molecule has 0 atom stereocenters. The molecular formula is C23H20N2O. The summed E-state index contributed by atoms with van der Waals surface area (Å²) in [6.45, 7) is 6.10. The van der Waals surface area contributed by atoms with E-state index in [0.717, 1.165) is 28.0 Å². The number of aryl methyl sites for hydroxylation is 3. The number of rotatable bonds is 3. The molecule has 128 valence electrons. The van der Waals surface area contributed by atoms with Gasteiger partial charge in [-0.2, -0.15) is 0 Å². The number of ketones is 1. The summed E-state index contributed by atoms with van der Waals surface area (Å²) in [7, 11) is 0. The number of hydrogen-bond acceptors (Lipinski definition) is 2. The molecule has 3 nitrogen and oxygen atoms in total. The number of benzene rings is 2. The second kappa shape index (κ2) is 6.26. The standard InChI is InChI=1S/C23H20N2O/c1-15-4-8-18(9-5-15)21-22(23(26)19-10-6-16(2)7-11-19)25-13-12-17(3)14-20(25)24-21/h4-14H,1-3H3. The van der Waals surface area contributed by atoms with Crippen molar-refractivity contribution < 1.29 is 4.79 Å². The highest BCUT2D eigenvalue weighted by Crippen LogP contribution is 2.27. The van der Waals surface area contributed by atoms with Gasteiger partial charge in [0.2, 0.25) is 5.78 Å². The van der Waals surface area contributed by atoms with E-state index in [2.05, 4.69) is 6.92 Å². The van der Waals surface area contributed by atoms with Crippen LogP contribution in [0.25, 0.3) is 16.9 Å². The summed E-state index contributed by atoms with van der Waals surface area (Å²) in [6.07, 6.45) is 1.93. The summed E-state index contributed by atoms with van der Waals surface area (Å²) in [5, 5.41) is 0. The molecule has 26 heavy (non-hydrogen) atoms. The predicted molar refractivity (Wildman–Crippen MR) is 105 cm³/mol. The Kier molecular flexibility index (Phi) is 3.92. The van der Waals surface area contributed by atoms with Crippen LogP contribution in [0.5, 0.6) is 0 Å². The Morgan fingerprint density at radius 1 is 0.808 bits per heavy atom. The van der Waals surface area contributed by atoms with Crippen LogP contribution in [0.15, 0.2) is 66.9 Å². The number of hydrogen-bond donors (Lipinski definition) is 0. The normalized spacial score (nSPS) is 11.0. The summed E-state index contributed by atoms with van der Waals surface area (Å²) in [5.74, 6) is -0.0167. The van der Waals surface area contributed by atoms with Gasteiger partial charge < -0.3 is 0 Å². The van der Waals surface area contributed by atoms with E-state index in [-0.39, 0.29) is 5.78 Å². The molecule has 0 spiro atoms. The van der Waals surface area contributed by atoms with Gasteiger partial charge in [0.1, 0.15) is 17.0 Å². The fourth-order valence-corrected chi connectivity index (χ4v) is 3.12. The fraction of sp³-hybridized carbons (Fsp3) is 0.130. The van der Waals surface area contributed by atoms with Gasteiger partial charge >= 0.3 is 0 Å². The van der Waals surface area contributed by atoms with E-state index in [1.165, 1.54) is 5.56 Å². The molecule has 4 aromatic rings. The van der Waals surface area contributed by atoms with Crippen molar-refractivity contribution >= 4 is 11.4 Å². The average Bonchev–Trinajstić information content (AvgIpc) is 3.00. The van der Waals surface area contributed by atoms with Gasteiger partial charge in [0.25, 0.3) is 0 Å². The lowest BCUT2D eigenvalue weighted by Crippen LogP contribution is -2.07. The first kappa shape index (κ1) is 16.3. The van der Waals surface area contributed by atoms with Crippen LogP contribution in [-0.4, -0.2) is 15.2 Å². The van der Waals surface area contributed by atoms with Crippen molar-refractivity contribution in [3.8, 4) is 11.3 Å². The van der Waals surface area contributed by atoms with E-state index < -0.39 is 0 Å². The van der Waals surface area contributed by atoms with Gasteiger partial charge in [-0.05, 0) is 38.5 Å². The van der Waals surface area contributed by atoms with Crippen molar-refractivity contribution in [1.82, 2.24) is 9.38 Å². The Labute approximate surface area is 153 Å². The summed E-state index contributed by atoms with van der Waals surface area (Å²) in [5.41, 5.74) is 7.17. The number of aromatic nitrogens is 2. The SMILES string of the molecule is Cc1ccc(C(=O)c2c(-c3ccc(C)cc3)nc3cc(C)ccn23)cc1. The topological polar surface area (TPSA) is 34.4 Å². The third-order valence-corrected chi connectivity index (χ3v) is 4.64. The second-order valence-electron chi connectivity index (χ2n) is 6.80. The molecule has 2 aromatic carbocycles. The van der Waals surface area contributed by atoms with Gasteiger partial charge in [0, 0.05) is 17.3 Å². The third kappa shape index (κ3) is 2.82. The van der Waals surface area contributed by atoms with Gasteiger partial charge in [0.15, 0.2) is 0 Å². The summed E-state index contributed by atoms with van der Waals surface area (Å²) in [4.78, 5) is 18.1. The highest BCUT2D eigenvalue weighted by molar-refractivity contribution is 6.12. The number of carbonyl (C=O) groups excluding carboxylic acids is 1. The maximum atomic E-state index is 13.3. The van der Waals surface area contributed by atoms with Gasteiger partial charge in [-0.3, -0.25) is 9.20 Å². The zero-order valence-electron chi connectivity index (χ0n) is 15.2. The van der Waals surface area contributed by atoms with E-state index in [0.29, 0.717) is 11.3 Å². The number of imidazole rings is 1. The van der Waals surface area contributed by atoms with Crippen molar-refractivity contribution in [2.75, 3.05) is 0 Å². The highest BCUT2D eigenvalue weighted by Gasteiger charge is 2.21. The maximum Gasteiger partial charge on any atom is 0.212 e. The minimum absolute atomic E-state index is 0.0167. The van der Waals surface area contributed by atoms with Crippen LogP contribution in [-0.2, 0) is 0 Å². The molecule has 0 aliphatic carbocycles.